The number of hydrogen-bond donors (Lipinski definition) is 0. The van der Waals surface area contributed by atoms with Gasteiger partial charge in [-0.1, -0.05) is 12.6 Å². The smallest absolute Gasteiger partial charge is 0.354 e. The first-order chi connectivity index (χ1) is 19.6. The van der Waals surface area contributed by atoms with Crippen LogP contribution in [0.2, 0.25) is 0 Å². The molecule has 2 aromatic carbocycles. The molecule has 0 N–H and O–H groups in total. The van der Waals surface area contributed by atoms with E-state index in [2.05, 4.69) is 30.7 Å². The van der Waals surface area contributed by atoms with Gasteiger partial charge in [-0.25, -0.2) is 9.18 Å². The van der Waals surface area contributed by atoms with Gasteiger partial charge in [0, 0.05) is 59.9 Å². The Hall–Kier alpha value is -4.10. The molecule has 0 saturated carbocycles. The van der Waals surface area contributed by atoms with Crippen LogP contribution >= 0.6 is 9.24 Å². The molecule has 41 heavy (non-hydrogen) atoms. The lowest BCUT2D eigenvalue weighted by Crippen LogP contribution is -2.54. The third-order valence-corrected chi connectivity index (χ3v) is 8.67. The van der Waals surface area contributed by atoms with Gasteiger partial charge in [-0.2, -0.15) is 4.98 Å². The number of hydrogen-bond acceptors (Lipinski definition) is 6. The molecule has 4 heterocycles. The van der Waals surface area contributed by atoms with Crippen molar-refractivity contribution >= 4 is 37.2 Å². The van der Waals surface area contributed by atoms with Gasteiger partial charge < -0.3 is 14.5 Å². The number of ether oxygens (including phenoxy) is 1. The van der Waals surface area contributed by atoms with E-state index < -0.39 is 5.69 Å². The summed E-state index contributed by atoms with van der Waals surface area (Å²) >= 11 is 0. The molecule has 1 amide bonds. The molecular weight excluding hydrogens is 540 g/mol. The lowest BCUT2D eigenvalue weighted by atomic mass is 9.91. The molecule has 1 unspecified atom stereocenters. The Bertz CT molecular complexity index is 1820. The second-order valence-electron chi connectivity index (χ2n) is 10.8. The lowest BCUT2D eigenvalue weighted by molar-refractivity contribution is -0.126. The van der Waals surface area contributed by atoms with E-state index in [4.69, 9.17) is 4.74 Å². The number of pyridine rings is 1. The summed E-state index contributed by atoms with van der Waals surface area (Å²) in [7, 11) is 2.53. The van der Waals surface area contributed by atoms with Crippen LogP contribution in [0.4, 0.5) is 10.2 Å². The highest BCUT2D eigenvalue weighted by atomic mass is 31.0. The van der Waals surface area contributed by atoms with Gasteiger partial charge in [0.05, 0.1) is 5.69 Å². The summed E-state index contributed by atoms with van der Waals surface area (Å²) in [5.41, 5.74) is 5.73. The Morgan fingerprint density at radius 3 is 2.56 bits per heavy atom. The summed E-state index contributed by atoms with van der Waals surface area (Å²) in [5.74, 6) is 0.613. The van der Waals surface area contributed by atoms with Crippen molar-refractivity contribution in [2.45, 2.75) is 40.3 Å². The van der Waals surface area contributed by atoms with E-state index in [0.29, 0.717) is 47.7 Å². The van der Waals surface area contributed by atoms with Gasteiger partial charge in [0.15, 0.2) is 5.75 Å². The monoisotopic (exact) mass is 571 g/mol. The molecule has 0 spiro atoms. The predicted molar refractivity (Wildman–Crippen MR) is 162 cm³/mol. The molecular formula is C31H31FN5O3P. The molecule has 2 aliphatic rings. The van der Waals surface area contributed by atoms with E-state index in [1.165, 1.54) is 12.1 Å². The number of fused-ring (bicyclic) bond motifs is 5. The van der Waals surface area contributed by atoms with Crippen LogP contribution in [0.5, 0.6) is 5.75 Å². The highest BCUT2D eigenvalue weighted by Crippen LogP contribution is 2.46. The lowest BCUT2D eigenvalue weighted by Gasteiger charge is -2.40. The molecule has 0 aliphatic carbocycles. The van der Waals surface area contributed by atoms with Crippen molar-refractivity contribution in [3.63, 3.8) is 0 Å². The maximum Gasteiger partial charge on any atom is 0.354 e. The second kappa shape index (κ2) is 10.1. The van der Waals surface area contributed by atoms with Crippen LogP contribution < -0.4 is 20.6 Å². The molecule has 0 radical (unpaired) electrons. The van der Waals surface area contributed by atoms with Gasteiger partial charge in [-0.05, 0) is 68.2 Å². The summed E-state index contributed by atoms with van der Waals surface area (Å²) in [5, 5.41) is 1.21. The topological polar surface area (TPSA) is 80.6 Å². The Kier molecular flexibility index (Phi) is 6.65. The quantitative estimate of drug-likeness (QED) is 0.272. The molecule has 8 nitrogen and oxygen atoms in total. The van der Waals surface area contributed by atoms with Gasteiger partial charge in [-0.3, -0.25) is 14.3 Å². The SMILES string of the molecule is C=CC(=O)N1CCN(c2nc(=O)n(-c3c(C)cncc3C)c3c4c(c(C)cc23)-c2c(ccc(F)c2P)CO4)[C@@H](C)C1. The van der Waals surface area contributed by atoms with Crippen molar-refractivity contribution < 1.29 is 13.9 Å². The van der Waals surface area contributed by atoms with Crippen LogP contribution in [-0.2, 0) is 11.4 Å². The van der Waals surface area contributed by atoms with E-state index in [1.807, 2.05) is 33.8 Å². The molecule has 210 valence electrons. The Morgan fingerprint density at radius 2 is 1.88 bits per heavy atom. The summed E-state index contributed by atoms with van der Waals surface area (Å²) in [4.78, 5) is 39.2. The Labute approximate surface area is 239 Å². The van der Waals surface area contributed by atoms with E-state index in [1.54, 1.807) is 27.9 Å². The molecule has 2 atom stereocenters. The normalized spacial score (nSPS) is 16.3. The Morgan fingerprint density at radius 1 is 1.15 bits per heavy atom. The zero-order valence-corrected chi connectivity index (χ0v) is 24.6. The number of anilines is 1. The molecule has 6 rings (SSSR count). The zero-order valence-electron chi connectivity index (χ0n) is 23.5. The molecule has 2 aliphatic heterocycles. The van der Waals surface area contributed by atoms with Crippen molar-refractivity contribution in [1.29, 1.82) is 0 Å². The number of carbonyl (C=O) groups is 1. The summed E-state index contributed by atoms with van der Waals surface area (Å²) in [6, 6.07) is 5.11. The fourth-order valence-corrected chi connectivity index (χ4v) is 6.62. The van der Waals surface area contributed by atoms with Crippen LogP contribution in [0.25, 0.3) is 27.7 Å². The van der Waals surface area contributed by atoms with Crippen LogP contribution in [0.3, 0.4) is 0 Å². The van der Waals surface area contributed by atoms with Crippen molar-refractivity contribution in [3.05, 3.63) is 81.8 Å². The van der Waals surface area contributed by atoms with Crippen molar-refractivity contribution in [2.24, 2.45) is 0 Å². The first kappa shape index (κ1) is 27.1. The average Bonchev–Trinajstić information content (AvgIpc) is 2.95. The number of nitrogens with zero attached hydrogens (tertiary/aromatic N) is 5. The number of aryl methyl sites for hydroxylation is 3. The number of aromatic nitrogens is 3. The van der Waals surface area contributed by atoms with Crippen molar-refractivity contribution in [1.82, 2.24) is 19.4 Å². The number of rotatable bonds is 3. The van der Waals surface area contributed by atoms with Gasteiger partial charge in [0.1, 0.15) is 23.8 Å². The Balaban J connectivity index is 1.69. The summed E-state index contributed by atoms with van der Waals surface area (Å²) in [6.45, 7) is 13.1. The molecule has 1 saturated heterocycles. The summed E-state index contributed by atoms with van der Waals surface area (Å²) < 4.78 is 22.9. The van der Waals surface area contributed by atoms with Gasteiger partial charge >= 0.3 is 5.69 Å². The number of amides is 1. The fraction of sp³-hybridized carbons (Fsp3) is 0.290. The van der Waals surface area contributed by atoms with Gasteiger partial charge in [0.2, 0.25) is 5.91 Å². The summed E-state index contributed by atoms with van der Waals surface area (Å²) in [6.07, 6.45) is 4.77. The maximum atomic E-state index is 14.8. The second-order valence-corrected chi connectivity index (χ2v) is 11.4. The van der Waals surface area contributed by atoms with E-state index in [-0.39, 0.29) is 24.4 Å². The largest absolute Gasteiger partial charge is 0.486 e. The van der Waals surface area contributed by atoms with E-state index in [9.17, 15) is 14.0 Å². The number of carbonyl (C=O) groups excluding carboxylic acids is 1. The predicted octanol–water partition coefficient (Wildman–Crippen LogP) is 4.13. The third-order valence-electron chi connectivity index (χ3n) is 8.10. The standard InChI is InChI=1S/C31H31FN5O3P/c1-6-23(38)35-9-10-36(19(5)14-35)30-21-11-16(2)24-25-20(7-8-22(32)29(25)41)15-40-28(24)27(21)37(31(39)34-30)26-17(3)12-33-13-18(26)4/h6-8,11-13,19H,1,9-10,14-15,41H2,2-5H3/t19-/m0/s1. The van der Waals surface area contributed by atoms with E-state index >= 15 is 0 Å². The number of piperazine rings is 1. The zero-order chi connectivity index (χ0) is 29.2. The van der Waals surface area contributed by atoms with E-state index in [0.717, 1.165) is 38.8 Å². The molecule has 1 fully saturated rings. The first-order valence-corrected chi connectivity index (χ1v) is 14.1. The van der Waals surface area contributed by atoms with Crippen molar-refractivity contribution in [2.75, 3.05) is 24.5 Å². The minimum atomic E-state index is -0.451. The minimum absolute atomic E-state index is 0.103. The molecule has 10 heteroatoms. The molecule has 4 aromatic rings. The van der Waals surface area contributed by atoms with Crippen molar-refractivity contribution in [3.8, 4) is 22.6 Å². The average molecular weight is 572 g/mol. The molecule has 2 aromatic heterocycles. The van der Waals surface area contributed by atoms with Crippen LogP contribution in [0.15, 0.2) is 48.0 Å². The van der Waals surface area contributed by atoms with Gasteiger partial charge in [0.25, 0.3) is 0 Å². The highest BCUT2D eigenvalue weighted by molar-refractivity contribution is 7.28. The van der Waals surface area contributed by atoms with Crippen LogP contribution in [-0.4, -0.2) is 51.0 Å². The number of halogens is 1. The van der Waals surface area contributed by atoms with Crippen LogP contribution in [0.1, 0.15) is 29.2 Å². The maximum absolute atomic E-state index is 14.8. The van der Waals surface area contributed by atoms with Gasteiger partial charge in [-0.15, -0.1) is 9.24 Å². The highest BCUT2D eigenvalue weighted by Gasteiger charge is 2.33. The third kappa shape index (κ3) is 4.22. The van der Waals surface area contributed by atoms with Crippen LogP contribution in [0, 0.1) is 26.6 Å². The first-order valence-electron chi connectivity index (χ1n) is 13.5. The fourth-order valence-electron chi connectivity index (χ4n) is 6.20. The number of benzene rings is 2. The molecule has 0 bridgehead atoms. The minimum Gasteiger partial charge on any atom is -0.486 e.